The molecule has 0 bridgehead atoms. The van der Waals surface area contributed by atoms with E-state index in [0.717, 1.165) is 16.7 Å². The zero-order chi connectivity index (χ0) is 18.7. The van der Waals surface area contributed by atoms with Crippen LogP contribution in [-0.4, -0.2) is 5.91 Å². The number of benzene rings is 2. The van der Waals surface area contributed by atoms with Gasteiger partial charge in [0.2, 0.25) is 0 Å². The van der Waals surface area contributed by atoms with E-state index in [1.807, 2.05) is 25.3 Å². The number of thiophene rings is 1. The molecule has 3 aromatic rings. The SMILES string of the molecule is Cc1ccc(F)c(NC(=O)c2cc(COc3ccc(Cl)c(C)c3)cs2)c1. The van der Waals surface area contributed by atoms with Gasteiger partial charge in [0.05, 0.1) is 10.6 Å². The molecule has 0 aliphatic carbocycles. The minimum absolute atomic E-state index is 0.179. The highest BCUT2D eigenvalue weighted by Gasteiger charge is 2.12. The smallest absolute Gasteiger partial charge is 0.265 e. The van der Waals surface area contributed by atoms with Crippen molar-refractivity contribution in [2.24, 2.45) is 0 Å². The average Bonchev–Trinajstić information content (AvgIpc) is 3.08. The molecule has 26 heavy (non-hydrogen) atoms. The molecule has 0 aliphatic rings. The van der Waals surface area contributed by atoms with Crippen molar-refractivity contribution >= 4 is 34.5 Å². The second-order valence-corrected chi connectivity index (χ2v) is 7.27. The van der Waals surface area contributed by atoms with Crippen LogP contribution in [0.1, 0.15) is 26.4 Å². The Morgan fingerprint density at radius 1 is 1.19 bits per heavy atom. The molecular formula is C20H17ClFNO2S. The lowest BCUT2D eigenvalue weighted by molar-refractivity contribution is 0.103. The van der Waals surface area contributed by atoms with Gasteiger partial charge in [0.15, 0.2) is 0 Å². The van der Waals surface area contributed by atoms with E-state index in [9.17, 15) is 9.18 Å². The number of halogens is 2. The number of carbonyl (C=O) groups excluding carboxylic acids is 1. The van der Waals surface area contributed by atoms with Gasteiger partial charge in [-0.25, -0.2) is 4.39 Å². The third kappa shape index (κ3) is 4.42. The highest BCUT2D eigenvalue weighted by molar-refractivity contribution is 7.12. The van der Waals surface area contributed by atoms with Crippen LogP contribution in [0.2, 0.25) is 5.02 Å². The monoisotopic (exact) mass is 389 g/mol. The Kier molecular flexibility index (Phi) is 5.59. The Bertz CT molecular complexity index is 955. The third-order valence-corrected chi connectivity index (χ3v) is 5.18. The third-order valence-electron chi connectivity index (χ3n) is 3.78. The number of carbonyl (C=O) groups is 1. The lowest BCUT2D eigenvalue weighted by atomic mass is 10.2. The summed E-state index contributed by atoms with van der Waals surface area (Å²) in [6.07, 6.45) is 0. The van der Waals surface area contributed by atoms with E-state index < -0.39 is 5.82 Å². The van der Waals surface area contributed by atoms with Crippen LogP contribution >= 0.6 is 22.9 Å². The summed E-state index contributed by atoms with van der Waals surface area (Å²) in [7, 11) is 0. The maximum atomic E-state index is 13.8. The summed E-state index contributed by atoms with van der Waals surface area (Å²) in [5, 5.41) is 5.15. The molecule has 0 saturated heterocycles. The molecular weight excluding hydrogens is 373 g/mol. The Morgan fingerprint density at radius 3 is 2.77 bits per heavy atom. The van der Waals surface area contributed by atoms with Crippen molar-refractivity contribution in [3.05, 3.63) is 80.3 Å². The summed E-state index contributed by atoms with van der Waals surface area (Å²) in [5.41, 5.74) is 2.87. The van der Waals surface area contributed by atoms with Crippen molar-refractivity contribution in [2.75, 3.05) is 5.32 Å². The summed E-state index contributed by atoms with van der Waals surface area (Å²) in [6, 6.07) is 11.8. The van der Waals surface area contributed by atoms with Crippen LogP contribution in [0, 0.1) is 19.7 Å². The first-order chi connectivity index (χ1) is 12.4. The van der Waals surface area contributed by atoms with Crippen molar-refractivity contribution in [1.29, 1.82) is 0 Å². The van der Waals surface area contributed by atoms with E-state index in [4.69, 9.17) is 16.3 Å². The Hall–Kier alpha value is -2.37. The second-order valence-electron chi connectivity index (χ2n) is 5.96. The highest BCUT2D eigenvalue weighted by Crippen LogP contribution is 2.24. The van der Waals surface area contributed by atoms with Crippen LogP contribution in [-0.2, 0) is 6.61 Å². The van der Waals surface area contributed by atoms with Gasteiger partial charge in [-0.2, -0.15) is 0 Å². The van der Waals surface area contributed by atoms with Crippen LogP contribution in [0.15, 0.2) is 47.8 Å². The van der Waals surface area contributed by atoms with E-state index in [1.54, 1.807) is 30.3 Å². The molecule has 0 radical (unpaired) electrons. The van der Waals surface area contributed by atoms with Gasteiger partial charge in [-0.05, 0) is 66.8 Å². The molecule has 6 heteroatoms. The summed E-state index contributed by atoms with van der Waals surface area (Å²) in [6.45, 7) is 4.09. The van der Waals surface area contributed by atoms with Gasteiger partial charge >= 0.3 is 0 Å². The first-order valence-electron chi connectivity index (χ1n) is 7.96. The quantitative estimate of drug-likeness (QED) is 0.582. The molecule has 1 heterocycles. The summed E-state index contributed by atoms with van der Waals surface area (Å²) in [4.78, 5) is 12.8. The highest BCUT2D eigenvalue weighted by atomic mass is 35.5. The summed E-state index contributed by atoms with van der Waals surface area (Å²) >= 11 is 7.29. The molecule has 3 rings (SSSR count). The molecule has 0 atom stereocenters. The predicted octanol–water partition coefficient (Wildman–Crippen LogP) is 5.99. The standard InChI is InChI=1S/C20H17ClFNO2S/c1-12-3-6-17(22)18(7-12)23-20(24)19-9-14(11-26-19)10-25-15-4-5-16(21)13(2)8-15/h3-9,11H,10H2,1-2H3,(H,23,24). The van der Waals surface area contributed by atoms with Crippen molar-refractivity contribution in [3.8, 4) is 5.75 Å². The maximum absolute atomic E-state index is 13.8. The van der Waals surface area contributed by atoms with E-state index in [0.29, 0.717) is 22.3 Å². The van der Waals surface area contributed by atoms with Gasteiger partial charge in [0.1, 0.15) is 18.2 Å². The molecule has 1 amide bonds. The number of amides is 1. The first kappa shape index (κ1) is 18.4. The van der Waals surface area contributed by atoms with Crippen LogP contribution in [0.25, 0.3) is 0 Å². The van der Waals surface area contributed by atoms with E-state index >= 15 is 0 Å². The molecule has 134 valence electrons. The normalized spacial score (nSPS) is 10.6. The molecule has 0 saturated carbocycles. The first-order valence-corrected chi connectivity index (χ1v) is 9.22. The number of ether oxygens (including phenoxy) is 1. The molecule has 0 spiro atoms. The van der Waals surface area contributed by atoms with E-state index in [2.05, 4.69) is 5.32 Å². The largest absolute Gasteiger partial charge is 0.489 e. The van der Waals surface area contributed by atoms with Crippen molar-refractivity contribution in [3.63, 3.8) is 0 Å². The maximum Gasteiger partial charge on any atom is 0.265 e. The molecule has 1 N–H and O–H groups in total. The molecule has 0 aliphatic heterocycles. The second kappa shape index (κ2) is 7.89. The number of hydrogen-bond acceptors (Lipinski definition) is 3. The van der Waals surface area contributed by atoms with Crippen molar-refractivity contribution < 1.29 is 13.9 Å². The Morgan fingerprint density at radius 2 is 2.00 bits per heavy atom. The number of anilines is 1. The van der Waals surface area contributed by atoms with Gasteiger partial charge in [-0.15, -0.1) is 11.3 Å². The van der Waals surface area contributed by atoms with Gasteiger partial charge in [-0.1, -0.05) is 17.7 Å². The fourth-order valence-electron chi connectivity index (χ4n) is 2.36. The van der Waals surface area contributed by atoms with Gasteiger partial charge in [0.25, 0.3) is 5.91 Å². The average molecular weight is 390 g/mol. The lowest BCUT2D eigenvalue weighted by Crippen LogP contribution is -2.11. The zero-order valence-corrected chi connectivity index (χ0v) is 15.9. The van der Waals surface area contributed by atoms with Gasteiger partial charge < -0.3 is 10.1 Å². The van der Waals surface area contributed by atoms with Crippen LogP contribution in [0.4, 0.5) is 10.1 Å². The molecule has 0 unspecified atom stereocenters. The molecule has 2 aromatic carbocycles. The van der Waals surface area contributed by atoms with Crippen molar-refractivity contribution in [1.82, 2.24) is 0 Å². The van der Waals surface area contributed by atoms with Crippen LogP contribution in [0.3, 0.4) is 0 Å². The van der Waals surface area contributed by atoms with Gasteiger partial charge in [-0.3, -0.25) is 4.79 Å². The fraction of sp³-hybridized carbons (Fsp3) is 0.150. The van der Waals surface area contributed by atoms with E-state index in [1.165, 1.54) is 17.4 Å². The fourth-order valence-corrected chi connectivity index (χ4v) is 3.27. The van der Waals surface area contributed by atoms with Gasteiger partial charge in [0, 0.05) is 10.6 Å². The zero-order valence-electron chi connectivity index (χ0n) is 14.3. The number of aryl methyl sites for hydroxylation is 2. The predicted molar refractivity (Wildman–Crippen MR) is 104 cm³/mol. The molecule has 3 nitrogen and oxygen atoms in total. The topological polar surface area (TPSA) is 38.3 Å². The lowest BCUT2D eigenvalue weighted by Gasteiger charge is -2.07. The molecule has 1 aromatic heterocycles. The summed E-state index contributed by atoms with van der Waals surface area (Å²) < 4.78 is 19.5. The summed E-state index contributed by atoms with van der Waals surface area (Å²) in [5.74, 6) is -0.0822. The minimum atomic E-state index is -0.456. The Balaban J connectivity index is 1.64. The van der Waals surface area contributed by atoms with Crippen molar-refractivity contribution in [2.45, 2.75) is 20.5 Å². The Labute approximate surface area is 160 Å². The number of rotatable bonds is 5. The van der Waals surface area contributed by atoms with E-state index in [-0.39, 0.29) is 11.6 Å². The molecule has 0 fully saturated rings. The van der Waals surface area contributed by atoms with Crippen LogP contribution in [0.5, 0.6) is 5.75 Å². The number of nitrogens with one attached hydrogen (secondary N) is 1. The minimum Gasteiger partial charge on any atom is -0.489 e. The number of hydrogen-bond donors (Lipinski definition) is 1. The van der Waals surface area contributed by atoms with Crippen LogP contribution < -0.4 is 10.1 Å².